The minimum Gasteiger partial charge on any atom is -0.326 e. The number of nitrogens with one attached hydrogen (secondary N) is 1. The molecule has 1 aromatic carbocycles. The van der Waals surface area contributed by atoms with Crippen molar-refractivity contribution in [3.05, 3.63) is 53.9 Å². The van der Waals surface area contributed by atoms with Crippen molar-refractivity contribution in [2.75, 3.05) is 5.32 Å². The van der Waals surface area contributed by atoms with Gasteiger partial charge >= 0.3 is 0 Å². The number of fused-ring (bicyclic) bond motifs is 2. The first-order chi connectivity index (χ1) is 10.8. The number of hydrogen-bond donors (Lipinski definition) is 1. The summed E-state index contributed by atoms with van der Waals surface area (Å²) in [4.78, 5) is 16.3. The Labute approximate surface area is 128 Å². The van der Waals surface area contributed by atoms with Gasteiger partial charge in [-0.1, -0.05) is 19.1 Å². The average molecular weight is 291 g/mol. The molecule has 0 aliphatic carbocycles. The highest BCUT2D eigenvalue weighted by molar-refractivity contribution is 5.94. The van der Waals surface area contributed by atoms with E-state index in [9.17, 15) is 4.79 Å². The second-order valence-corrected chi connectivity index (χ2v) is 5.61. The highest BCUT2D eigenvalue weighted by Gasteiger charge is 2.17. The number of nitrogens with zero attached hydrogens (tertiary/aromatic N) is 2. The van der Waals surface area contributed by atoms with Crippen LogP contribution in [0.4, 0.5) is 5.69 Å². The van der Waals surface area contributed by atoms with Gasteiger partial charge in [0.1, 0.15) is 5.65 Å². The third kappa shape index (κ3) is 1.99. The highest BCUT2D eigenvalue weighted by Crippen LogP contribution is 2.30. The maximum absolute atomic E-state index is 11.5. The minimum atomic E-state index is 0.0993. The van der Waals surface area contributed by atoms with E-state index in [-0.39, 0.29) is 5.91 Å². The number of rotatable bonds is 2. The fourth-order valence-corrected chi connectivity index (χ4v) is 3.15. The van der Waals surface area contributed by atoms with Crippen LogP contribution in [0, 0.1) is 0 Å². The van der Waals surface area contributed by atoms with E-state index in [0.29, 0.717) is 6.42 Å². The normalized spacial score (nSPS) is 14.0. The third-order valence-electron chi connectivity index (χ3n) is 4.24. The Morgan fingerprint density at radius 3 is 3.00 bits per heavy atom. The van der Waals surface area contributed by atoms with E-state index in [4.69, 9.17) is 4.98 Å². The van der Waals surface area contributed by atoms with Crippen LogP contribution in [0.2, 0.25) is 0 Å². The molecular weight excluding hydrogens is 274 g/mol. The predicted molar refractivity (Wildman–Crippen MR) is 87.0 cm³/mol. The van der Waals surface area contributed by atoms with Crippen LogP contribution in [0.1, 0.15) is 24.6 Å². The fraction of sp³-hybridized carbons (Fsp3) is 0.222. The van der Waals surface area contributed by atoms with Gasteiger partial charge in [0, 0.05) is 23.9 Å². The Hall–Kier alpha value is -2.62. The fourth-order valence-electron chi connectivity index (χ4n) is 3.15. The molecule has 0 atom stereocenters. The quantitative estimate of drug-likeness (QED) is 0.786. The van der Waals surface area contributed by atoms with E-state index in [1.807, 2.05) is 30.3 Å². The summed E-state index contributed by atoms with van der Waals surface area (Å²) in [6.07, 6.45) is 4.34. The van der Waals surface area contributed by atoms with Crippen molar-refractivity contribution in [2.45, 2.75) is 26.2 Å². The molecule has 2 aromatic heterocycles. The van der Waals surface area contributed by atoms with E-state index in [1.54, 1.807) is 0 Å². The zero-order valence-corrected chi connectivity index (χ0v) is 12.5. The van der Waals surface area contributed by atoms with Crippen molar-refractivity contribution in [1.82, 2.24) is 9.38 Å². The van der Waals surface area contributed by atoms with Crippen LogP contribution in [0.15, 0.2) is 42.6 Å². The molecule has 3 heterocycles. The summed E-state index contributed by atoms with van der Waals surface area (Å²) >= 11 is 0. The number of anilines is 1. The molecule has 4 rings (SSSR count). The maximum Gasteiger partial charge on any atom is 0.224 e. The highest BCUT2D eigenvalue weighted by atomic mass is 16.1. The predicted octanol–water partition coefficient (Wildman–Crippen LogP) is 3.45. The van der Waals surface area contributed by atoms with Crippen LogP contribution in [-0.2, 0) is 17.6 Å². The van der Waals surface area contributed by atoms with Crippen molar-refractivity contribution < 1.29 is 4.79 Å². The molecule has 0 spiro atoms. The van der Waals surface area contributed by atoms with Gasteiger partial charge in [0.2, 0.25) is 5.91 Å². The van der Waals surface area contributed by atoms with Gasteiger partial charge in [0.25, 0.3) is 0 Å². The molecule has 0 saturated carbocycles. The molecule has 22 heavy (non-hydrogen) atoms. The third-order valence-corrected chi connectivity index (χ3v) is 4.24. The zero-order valence-electron chi connectivity index (χ0n) is 12.5. The largest absolute Gasteiger partial charge is 0.326 e. The molecule has 4 heteroatoms. The summed E-state index contributed by atoms with van der Waals surface area (Å²) in [5, 5.41) is 2.93. The standard InChI is InChI=1S/C18H17N3O/c1-2-15-18(20-16-5-3-4-10-21(15)16)13-6-8-14-12(11-13)7-9-17(22)19-14/h3-6,8,10-11H,2,7,9H2,1H3,(H,19,22). The Morgan fingerprint density at radius 2 is 2.14 bits per heavy atom. The summed E-state index contributed by atoms with van der Waals surface area (Å²) in [6, 6.07) is 12.3. The van der Waals surface area contributed by atoms with Crippen LogP contribution in [0.3, 0.4) is 0 Å². The van der Waals surface area contributed by atoms with Crippen molar-refractivity contribution in [3.8, 4) is 11.3 Å². The molecule has 4 nitrogen and oxygen atoms in total. The van der Waals surface area contributed by atoms with Crippen LogP contribution in [0.5, 0.6) is 0 Å². The van der Waals surface area contributed by atoms with E-state index in [1.165, 1.54) is 11.3 Å². The zero-order chi connectivity index (χ0) is 15.1. The molecular formula is C18H17N3O. The average Bonchev–Trinajstić information content (AvgIpc) is 2.93. The van der Waals surface area contributed by atoms with Gasteiger partial charge in [-0.25, -0.2) is 4.98 Å². The lowest BCUT2D eigenvalue weighted by atomic mass is 9.98. The number of amides is 1. The second kappa shape index (κ2) is 4.98. The van der Waals surface area contributed by atoms with Crippen molar-refractivity contribution >= 4 is 17.2 Å². The summed E-state index contributed by atoms with van der Waals surface area (Å²) in [5.74, 6) is 0.0993. The molecule has 3 aromatic rings. The first kappa shape index (κ1) is 13.1. The number of imidazole rings is 1. The maximum atomic E-state index is 11.5. The number of benzene rings is 1. The molecule has 110 valence electrons. The first-order valence-electron chi connectivity index (χ1n) is 7.65. The Kier molecular flexibility index (Phi) is 2.96. The van der Waals surface area contributed by atoms with Gasteiger partial charge in [0.15, 0.2) is 0 Å². The van der Waals surface area contributed by atoms with Crippen LogP contribution >= 0.6 is 0 Å². The molecule has 1 aliphatic heterocycles. The van der Waals surface area contributed by atoms with Gasteiger partial charge in [0.05, 0.1) is 11.4 Å². The van der Waals surface area contributed by atoms with Gasteiger partial charge in [-0.2, -0.15) is 0 Å². The minimum absolute atomic E-state index is 0.0993. The van der Waals surface area contributed by atoms with Gasteiger partial charge < -0.3 is 9.72 Å². The lowest BCUT2D eigenvalue weighted by Crippen LogP contribution is -2.18. The number of hydrogen-bond acceptors (Lipinski definition) is 2. The SMILES string of the molecule is CCc1c(-c2ccc3c(c2)CCC(=O)N3)nc2ccccn12. The molecule has 1 amide bonds. The van der Waals surface area contributed by atoms with E-state index >= 15 is 0 Å². The lowest BCUT2D eigenvalue weighted by Gasteiger charge is -2.17. The number of carbonyl (C=O) groups excluding carboxylic acids is 1. The first-order valence-corrected chi connectivity index (χ1v) is 7.65. The number of pyridine rings is 1. The summed E-state index contributed by atoms with van der Waals surface area (Å²) < 4.78 is 2.15. The monoisotopic (exact) mass is 291 g/mol. The summed E-state index contributed by atoms with van der Waals surface area (Å²) in [5.41, 5.74) is 6.47. The summed E-state index contributed by atoms with van der Waals surface area (Å²) in [6.45, 7) is 2.15. The van der Waals surface area contributed by atoms with Gasteiger partial charge in [-0.3, -0.25) is 4.79 Å². The van der Waals surface area contributed by atoms with Gasteiger partial charge in [-0.15, -0.1) is 0 Å². The smallest absolute Gasteiger partial charge is 0.224 e. The van der Waals surface area contributed by atoms with E-state index in [2.05, 4.69) is 28.9 Å². The second-order valence-electron chi connectivity index (χ2n) is 5.61. The van der Waals surface area contributed by atoms with Gasteiger partial charge in [-0.05, 0) is 42.7 Å². The van der Waals surface area contributed by atoms with Crippen molar-refractivity contribution in [1.29, 1.82) is 0 Å². The lowest BCUT2D eigenvalue weighted by molar-refractivity contribution is -0.116. The van der Waals surface area contributed by atoms with E-state index in [0.717, 1.165) is 35.4 Å². The molecule has 0 fully saturated rings. The molecule has 1 N–H and O–H groups in total. The molecule has 0 saturated heterocycles. The molecule has 0 radical (unpaired) electrons. The topological polar surface area (TPSA) is 46.4 Å². The Morgan fingerprint density at radius 1 is 1.23 bits per heavy atom. The Bertz CT molecular complexity index is 879. The Balaban J connectivity index is 1.87. The number of aryl methyl sites for hydroxylation is 2. The molecule has 0 unspecified atom stereocenters. The van der Waals surface area contributed by atoms with Crippen molar-refractivity contribution in [2.24, 2.45) is 0 Å². The van der Waals surface area contributed by atoms with Crippen molar-refractivity contribution in [3.63, 3.8) is 0 Å². The van der Waals surface area contributed by atoms with Crippen LogP contribution in [-0.4, -0.2) is 15.3 Å². The molecule has 1 aliphatic rings. The number of carbonyl (C=O) groups is 1. The van der Waals surface area contributed by atoms with Crippen LogP contribution < -0.4 is 5.32 Å². The molecule has 0 bridgehead atoms. The van der Waals surface area contributed by atoms with E-state index < -0.39 is 0 Å². The van der Waals surface area contributed by atoms with Crippen LogP contribution in [0.25, 0.3) is 16.9 Å². The number of aromatic nitrogens is 2. The summed E-state index contributed by atoms with van der Waals surface area (Å²) in [7, 11) is 0.